The highest BCUT2D eigenvalue weighted by Gasteiger charge is 2.27. The van der Waals surface area contributed by atoms with Crippen molar-refractivity contribution in [2.75, 3.05) is 7.11 Å². The van der Waals surface area contributed by atoms with Crippen molar-refractivity contribution in [2.45, 2.75) is 26.9 Å². The summed E-state index contributed by atoms with van der Waals surface area (Å²) in [5.74, 6) is -4.18. The molecule has 0 radical (unpaired) electrons. The van der Waals surface area contributed by atoms with Crippen molar-refractivity contribution in [3.05, 3.63) is 57.9 Å². The Bertz CT molecular complexity index is 888. The number of halogens is 2. The molecule has 2 aromatic rings. The lowest BCUT2D eigenvalue weighted by atomic mass is 10.1. The van der Waals surface area contributed by atoms with Gasteiger partial charge < -0.3 is 14.5 Å². The van der Waals surface area contributed by atoms with Gasteiger partial charge in [-0.05, 0) is 38.5 Å². The van der Waals surface area contributed by atoms with Crippen LogP contribution in [0.2, 0.25) is 0 Å². The number of aromatic nitrogens is 1. The summed E-state index contributed by atoms with van der Waals surface area (Å²) in [6.45, 7) is 4.38. The van der Waals surface area contributed by atoms with E-state index in [1.807, 2.05) is 0 Å². The summed E-state index contributed by atoms with van der Waals surface area (Å²) in [6, 6.07) is 2.49. The standard InChI is InChI=1S/C18H17F2NO5/c1-8-14(17(23)25-4)9(2)21-15(8)18(24)26-10(3)16(22)12-6-5-11(19)7-13(12)20/h5-7,10,21H,1-4H3/t10-/m1/s1. The number of ether oxygens (including phenoxy) is 2. The number of aryl methyl sites for hydroxylation is 1. The van der Waals surface area contributed by atoms with Gasteiger partial charge in [-0.2, -0.15) is 0 Å². The van der Waals surface area contributed by atoms with E-state index in [0.29, 0.717) is 17.3 Å². The molecule has 0 aliphatic rings. The second-order valence-corrected chi connectivity index (χ2v) is 5.65. The van der Waals surface area contributed by atoms with Crippen molar-refractivity contribution in [3.63, 3.8) is 0 Å². The summed E-state index contributed by atoms with van der Waals surface area (Å²) in [7, 11) is 1.21. The van der Waals surface area contributed by atoms with Crippen molar-refractivity contribution < 1.29 is 32.6 Å². The van der Waals surface area contributed by atoms with Crippen LogP contribution in [0.3, 0.4) is 0 Å². The summed E-state index contributed by atoms with van der Waals surface area (Å²) in [5.41, 5.74) is 0.517. The Balaban J connectivity index is 2.22. The number of hydrogen-bond donors (Lipinski definition) is 1. The zero-order chi connectivity index (χ0) is 19.6. The van der Waals surface area contributed by atoms with Gasteiger partial charge in [0.25, 0.3) is 0 Å². The van der Waals surface area contributed by atoms with Crippen molar-refractivity contribution in [2.24, 2.45) is 0 Å². The van der Waals surface area contributed by atoms with E-state index in [1.54, 1.807) is 6.92 Å². The van der Waals surface area contributed by atoms with Crippen LogP contribution in [0.1, 0.15) is 49.4 Å². The molecule has 138 valence electrons. The first-order valence-electron chi connectivity index (χ1n) is 7.65. The van der Waals surface area contributed by atoms with Crippen molar-refractivity contribution in [3.8, 4) is 0 Å². The third-order valence-corrected chi connectivity index (χ3v) is 3.88. The number of hydrogen-bond acceptors (Lipinski definition) is 5. The molecule has 1 heterocycles. The molecule has 1 atom stereocenters. The van der Waals surface area contributed by atoms with Gasteiger partial charge in [0.2, 0.25) is 5.78 Å². The summed E-state index contributed by atoms with van der Waals surface area (Å²) in [5, 5.41) is 0. The third-order valence-electron chi connectivity index (χ3n) is 3.88. The van der Waals surface area contributed by atoms with Gasteiger partial charge in [-0.15, -0.1) is 0 Å². The topological polar surface area (TPSA) is 85.5 Å². The lowest BCUT2D eigenvalue weighted by Gasteiger charge is -2.12. The Labute approximate surface area is 148 Å². The maximum absolute atomic E-state index is 13.7. The summed E-state index contributed by atoms with van der Waals surface area (Å²) in [4.78, 5) is 39.0. The molecule has 2 rings (SSSR count). The fourth-order valence-corrected chi connectivity index (χ4v) is 2.54. The van der Waals surface area contributed by atoms with Gasteiger partial charge in [-0.3, -0.25) is 4.79 Å². The first-order chi connectivity index (χ1) is 12.2. The van der Waals surface area contributed by atoms with Crippen LogP contribution in [-0.2, 0) is 9.47 Å². The van der Waals surface area contributed by atoms with E-state index >= 15 is 0 Å². The van der Waals surface area contributed by atoms with Gasteiger partial charge in [0.1, 0.15) is 17.3 Å². The minimum absolute atomic E-state index is 0.0119. The Morgan fingerprint density at radius 1 is 1.12 bits per heavy atom. The predicted molar refractivity (Wildman–Crippen MR) is 87.2 cm³/mol. The van der Waals surface area contributed by atoms with Crippen molar-refractivity contribution in [1.29, 1.82) is 0 Å². The molecule has 0 spiro atoms. The van der Waals surface area contributed by atoms with Crippen LogP contribution in [0.25, 0.3) is 0 Å². The fraction of sp³-hybridized carbons (Fsp3) is 0.278. The van der Waals surface area contributed by atoms with E-state index in [9.17, 15) is 23.2 Å². The molecule has 8 heteroatoms. The molecule has 0 aliphatic heterocycles. The van der Waals surface area contributed by atoms with Crippen LogP contribution in [0.5, 0.6) is 0 Å². The highest BCUT2D eigenvalue weighted by Crippen LogP contribution is 2.21. The zero-order valence-corrected chi connectivity index (χ0v) is 14.6. The number of nitrogens with one attached hydrogen (secondary N) is 1. The number of methoxy groups -OCH3 is 1. The number of carbonyl (C=O) groups is 3. The molecule has 1 aromatic carbocycles. The van der Waals surface area contributed by atoms with Crippen molar-refractivity contribution in [1.82, 2.24) is 4.98 Å². The smallest absolute Gasteiger partial charge is 0.355 e. The lowest BCUT2D eigenvalue weighted by molar-refractivity contribution is 0.0311. The molecule has 0 aliphatic carbocycles. The molecule has 0 saturated carbocycles. The zero-order valence-electron chi connectivity index (χ0n) is 14.6. The number of aromatic amines is 1. The molecule has 0 saturated heterocycles. The first-order valence-corrected chi connectivity index (χ1v) is 7.65. The summed E-state index contributed by atoms with van der Waals surface area (Å²) < 4.78 is 36.4. The molecule has 0 fully saturated rings. The average Bonchev–Trinajstić information content (AvgIpc) is 2.88. The van der Waals surface area contributed by atoms with Crippen LogP contribution in [0.15, 0.2) is 18.2 Å². The SMILES string of the molecule is COC(=O)c1c(C)[nH]c(C(=O)O[C@H](C)C(=O)c2ccc(F)cc2F)c1C. The molecular weight excluding hydrogens is 348 g/mol. The summed E-state index contributed by atoms with van der Waals surface area (Å²) >= 11 is 0. The Kier molecular flexibility index (Phi) is 5.54. The highest BCUT2D eigenvalue weighted by atomic mass is 19.1. The number of ketones is 1. The van der Waals surface area contributed by atoms with Gasteiger partial charge in [0.15, 0.2) is 6.10 Å². The Hall–Kier alpha value is -3.03. The minimum atomic E-state index is -1.31. The van der Waals surface area contributed by atoms with Crippen LogP contribution >= 0.6 is 0 Å². The number of rotatable bonds is 5. The van der Waals surface area contributed by atoms with Crippen LogP contribution in [0.4, 0.5) is 8.78 Å². The van der Waals surface area contributed by atoms with Gasteiger partial charge in [0, 0.05) is 11.8 Å². The number of carbonyl (C=O) groups excluding carboxylic acids is 3. The first kappa shape index (κ1) is 19.3. The monoisotopic (exact) mass is 365 g/mol. The van der Waals surface area contributed by atoms with Gasteiger partial charge >= 0.3 is 11.9 Å². The molecule has 1 aromatic heterocycles. The van der Waals surface area contributed by atoms with Crippen molar-refractivity contribution >= 4 is 17.7 Å². The number of esters is 2. The van der Waals surface area contributed by atoms with Gasteiger partial charge in [0.05, 0.1) is 18.2 Å². The number of H-pyrrole nitrogens is 1. The number of Topliss-reactive ketones (excluding diaryl/α,β-unsaturated/α-hetero) is 1. The van der Waals surface area contributed by atoms with E-state index in [0.717, 1.165) is 12.1 Å². The van der Waals surface area contributed by atoms with E-state index in [4.69, 9.17) is 4.74 Å². The molecule has 6 nitrogen and oxygen atoms in total. The predicted octanol–water partition coefficient (Wildman–Crippen LogP) is 3.12. The quantitative estimate of drug-likeness (QED) is 0.650. The summed E-state index contributed by atoms with van der Waals surface area (Å²) in [6.07, 6.45) is -1.31. The molecular formula is C18H17F2NO5. The van der Waals surface area contributed by atoms with E-state index in [-0.39, 0.29) is 16.8 Å². The fourth-order valence-electron chi connectivity index (χ4n) is 2.54. The van der Waals surface area contributed by atoms with Crippen LogP contribution < -0.4 is 0 Å². The van der Waals surface area contributed by atoms with E-state index in [1.165, 1.54) is 21.0 Å². The minimum Gasteiger partial charge on any atom is -0.465 e. The second kappa shape index (κ2) is 7.47. The molecule has 0 amide bonds. The molecule has 1 N–H and O–H groups in total. The van der Waals surface area contributed by atoms with E-state index in [2.05, 4.69) is 9.72 Å². The third kappa shape index (κ3) is 3.63. The average molecular weight is 365 g/mol. The Morgan fingerprint density at radius 3 is 2.35 bits per heavy atom. The molecule has 26 heavy (non-hydrogen) atoms. The normalized spacial score (nSPS) is 11.8. The van der Waals surface area contributed by atoms with Gasteiger partial charge in [-0.25, -0.2) is 18.4 Å². The largest absolute Gasteiger partial charge is 0.465 e. The van der Waals surface area contributed by atoms with E-state index < -0.39 is 35.5 Å². The molecule has 0 bridgehead atoms. The number of benzene rings is 1. The molecule has 0 unspecified atom stereocenters. The van der Waals surface area contributed by atoms with Crippen LogP contribution in [-0.4, -0.2) is 35.9 Å². The maximum atomic E-state index is 13.7. The Morgan fingerprint density at radius 2 is 1.77 bits per heavy atom. The maximum Gasteiger partial charge on any atom is 0.355 e. The second-order valence-electron chi connectivity index (χ2n) is 5.65. The van der Waals surface area contributed by atoms with Crippen LogP contribution in [0, 0.1) is 25.5 Å². The lowest BCUT2D eigenvalue weighted by Crippen LogP contribution is -2.25. The van der Waals surface area contributed by atoms with Gasteiger partial charge in [-0.1, -0.05) is 0 Å². The highest BCUT2D eigenvalue weighted by molar-refractivity contribution is 6.02.